The van der Waals surface area contributed by atoms with Crippen molar-refractivity contribution in [2.45, 2.75) is 31.2 Å². The van der Waals surface area contributed by atoms with Gasteiger partial charge in [0, 0.05) is 18.4 Å². The Bertz CT molecular complexity index is 862. The molecule has 0 spiro atoms. The largest absolute Gasteiger partial charge is 0.349 e. The molecule has 8 heteroatoms. The molecule has 0 saturated carbocycles. The van der Waals surface area contributed by atoms with E-state index in [4.69, 9.17) is 0 Å². The Morgan fingerprint density at radius 3 is 2.58 bits per heavy atom. The van der Waals surface area contributed by atoms with E-state index in [2.05, 4.69) is 17.6 Å². The van der Waals surface area contributed by atoms with Gasteiger partial charge in [-0.2, -0.15) is 0 Å². The van der Waals surface area contributed by atoms with Crippen LogP contribution in [-0.4, -0.2) is 37.4 Å². The molecule has 0 aliphatic carbocycles. The summed E-state index contributed by atoms with van der Waals surface area (Å²) in [5, 5.41) is 6.30. The molecule has 1 aromatic carbocycles. The van der Waals surface area contributed by atoms with Gasteiger partial charge in [-0.05, 0) is 50.6 Å². The lowest BCUT2D eigenvalue weighted by molar-refractivity contribution is 0.0914. The molecule has 0 radical (unpaired) electrons. The van der Waals surface area contributed by atoms with Crippen LogP contribution < -0.4 is 10.6 Å². The highest BCUT2D eigenvalue weighted by atomic mass is 35.5. The number of piperidine rings is 1. The highest BCUT2D eigenvalue weighted by molar-refractivity contribution is 7.90. The van der Waals surface area contributed by atoms with Crippen LogP contribution in [0.5, 0.6) is 0 Å². The first-order valence-corrected chi connectivity index (χ1v) is 9.84. The highest BCUT2D eigenvalue weighted by Crippen LogP contribution is 2.17. The topological polar surface area (TPSA) is 80.2 Å². The summed E-state index contributed by atoms with van der Waals surface area (Å²) >= 11 is 0. The second-order valence-electron chi connectivity index (χ2n) is 6.60. The average Bonchev–Trinajstić information content (AvgIpc) is 3.08. The quantitative estimate of drug-likeness (QED) is 0.828. The number of aromatic nitrogens is 1. The van der Waals surface area contributed by atoms with E-state index in [0.29, 0.717) is 11.5 Å². The van der Waals surface area contributed by atoms with Crippen LogP contribution in [0.1, 0.15) is 29.3 Å². The molecule has 3 rings (SSSR count). The first kappa shape index (κ1) is 20.5. The van der Waals surface area contributed by atoms with Crippen LogP contribution in [-0.2, 0) is 10.0 Å². The lowest BCUT2D eigenvalue weighted by Gasteiger charge is -2.30. The number of amides is 1. The number of halogens is 1. The average molecular weight is 398 g/mol. The van der Waals surface area contributed by atoms with Gasteiger partial charge in [0.1, 0.15) is 0 Å². The lowest BCUT2D eigenvalue weighted by Crippen LogP contribution is -2.48. The van der Waals surface area contributed by atoms with Crippen LogP contribution in [0.4, 0.5) is 0 Å². The summed E-state index contributed by atoms with van der Waals surface area (Å²) in [6, 6.07) is 8.28. The third kappa shape index (κ3) is 4.28. The minimum atomic E-state index is -3.69. The zero-order valence-electron chi connectivity index (χ0n) is 14.8. The van der Waals surface area contributed by atoms with E-state index in [1.165, 1.54) is 18.5 Å². The normalized spacial score (nSPS) is 20.2. The van der Waals surface area contributed by atoms with Crippen molar-refractivity contribution in [2.24, 2.45) is 5.92 Å². The number of nitrogens with one attached hydrogen (secondary N) is 2. The number of hydrogen-bond acceptors (Lipinski definition) is 4. The predicted octanol–water partition coefficient (Wildman–Crippen LogP) is 2.18. The van der Waals surface area contributed by atoms with Gasteiger partial charge in [-0.3, -0.25) is 4.79 Å². The number of rotatable bonds is 4. The molecule has 2 aromatic rings. The summed E-state index contributed by atoms with van der Waals surface area (Å²) in [4.78, 5) is 12.6. The molecule has 6 nitrogen and oxygen atoms in total. The fourth-order valence-electron chi connectivity index (χ4n) is 2.97. The number of aryl methyl sites for hydroxylation is 1. The minimum Gasteiger partial charge on any atom is -0.349 e. The standard InChI is InChI=1S/C18H23N3O3S.ClH/c1-13-3-5-16(6-4-13)25(23,24)21-10-8-15(12-21)18(22)20-17-7-9-19-11-14(17)2;/h3-6,8,10,12,14,17,19H,7,9,11H2,1-2H3,(H,20,22);1H. The molecule has 1 aromatic heterocycles. The number of carbonyl (C=O) groups excluding carboxylic acids is 1. The second kappa shape index (κ2) is 8.24. The van der Waals surface area contributed by atoms with Crippen molar-refractivity contribution in [2.75, 3.05) is 13.1 Å². The Labute approximate surface area is 160 Å². The molecular weight excluding hydrogens is 374 g/mol. The Hall–Kier alpha value is -1.83. The molecule has 2 unspecified atom stereocenters. The Kier molecular flexibility index (Phi) is 6.49. The fraction of sp³-hybridized carbons (Fsp3) is 0.389. The maximum Gasteiger partial charge on any atom is 0.267 e. The van der Waals surface area contributed by atoms with Crippen LogP contribution in [0.15, 0.2) is 47.6 Å². The van der Waals surface area contributed by atoms with E-state index in [9.17, 15) is 13.2 Å². The van der Waals surface area contributed by atoms with E-state index >= 15 is 0 Å². The van der Waals surface area contributed by atoms with Gasteiger partial charge in [0.15, 0.2) is 0 Å². The number of benzene rings is 1. The van der Waals surface area contributed by atoms with Gasteiger partial charge in [-0.25, -0.2) is 12.4 Å². The van der Waals surface area contributed by atoms with Crippen LogP contribution >= 0.6 is 12.4 Å². The van der Waals surface area contributed by atoms with Crippen LogP contribution in [0.3, 0.4) is 0 Å². The van der Waals surface area contributed by atoms with Crippen LogP contribution in [0, 0.1) is 12.8 Å². The van der Waals surface area contributed by atoms with Gasteiger partial charge in [0.05, 0.1) is 10.5 Å². The van der Waals surface area contributed by atoms with E-state index in [1.807, 2.05) is 6.92 Å². The van der Waals surface area contributed by atoms with E-state index in [-0.39, 0.29) is 29.3 Å². The Morgan fingerprint density at radius 1 is 1.23 bits per heavy atom. The molecule has 1 saturated heterocycles. The Balaban J connectivity index is 0.00000243. The molecule has 26 heavy (non-hydrogen) atoms. The lowest BCUT2D eigenvalue weighted by atomic mass is 9.95. The van der Waals surface area contributed by atoms with Crippen molar-refractivity contribution in [3.63, 3.8) is 0 Å². The second-order valence-corrected chi connectivity index (χ2v) is 8.44. The molecular formula is C18H24ClN3O3S. The van der Waals surface area contributed by atoms with E-state index in [0.717, 1.165) is 29.0 Å². The maximum absolute atomic E-state index is 12.6. The van der Waals surface area contributed by atoms with Gasteiger partial charge in [0.25, 0.3) is 15.9 Å². The number of carbonyl (C=O) groups is 1. The molecule has 142 valence electrons. The monoisotopic (exact) mass is 397 g/mol. The molecule has 1 aliphatic rings. The van der Waals surface area contributed by atoms with Crippen LogP contribution in [0.2, 0.25) is 0 Å². The summed E-state index contributed by atoms with van der Waals surface area (Å²) in [6.45, 7) is 5.73. The third-order valence-corrected chi connectivity index (χ3v) is 6.28. The zero-order valence-corrected chi connectivity index (χ0v) is 16.4. The summed E-state index contributed by atoms with van der Waals surface area (Å²) < 4.78 is 26.4. The maximum atomic E-state index is 12.6. The van der Waals surface area contributed by atoms with Crippen molar-refractivity contribution in [1.82, 2.24) is 14.6 Å². The predicted molar refractivity (Wildman–Crippen MR) is 103 cm³/mol. The van der Waals surface area contributed by atoms with Gasteiger partial charge in [-0.1, -0.05) is 24.6 Å². The summed E-state index contributed by atoms with van der Waals surface area (Å²) in [7, 11) is -3.69. The fourth-order valence-corrected chi connectivity index (χ4v) is 4.17. The Morgan fingerprint density at radius 2 is 1.92 bits per heavy atom. The first-order valence-electron chi connectivity index (χ1n) is 8.40. The van der Waals surface area contributed by atoms with Gasteiger partial charge in [0.2, 0.25) is 0 Å². The van der Waals surface area contributed by atoms with Crippen molar-refractivity contribution in [3.05, 3.63) is 53.9 Å². The van der Waals surface area contributed by atoms with Crippen molar-refractivity contribution < 1.29 is 13.2 Å². The number of hydrogen-bond donors (Lipinski definition) is 2. The first-order chi connectivity index (χ1) is 11.9. The summed E-state index contributed by atoms with van der Waals surface area (Å²) in [5.74, 6) is 0.104. The van der Waals surface area contributed by atoms with Crippen molar-refractivity contribution in [3.8, 4) is 0 Å². The SMILES string of the molecule is Cc1ccc(S(=O)(=O)n2ccc(C(=O)NC3CCNCC3C)c2)cc1.Cl. The molecule has 0 bridgehead atoms. The molecule has 1 fully saturated rings. The molecule has 2 heterocycles. The van der Waals surface area contributed by atoms with Crippen molar-refractivity contribution >= 4 is 28.3 Å². The van der Waals surface area contributed by atoms with Crippen LogP contribution in [0.25, 0.3) is 0 Å². The molecule has 2 atom stereocenters. The molecule has 1 aliphatic heterocycles. The third-order valence-electron chi connectivity index (χ3n) is 4.63. The van der Waals surface area contributed by atoms with Crippen molar-refractivity contribution in [1.29, 1.82) is 0 Å². The molecule has 2 N–H and O–H groups in total. The van der Waals surface area contributed by atoms with E-state index in [1.54, 1.807) is 24.3 Å². The minimum absolute atomic E-state index is 0. The smallest absolute Gasteiger partial charge is 0.267 e. The van der Waals surface area contributed by atoms with Gasteiger partial charge >= 0.3 is 0 Å². The number of nitrogens with zero attached hydrogens (tertiary/aromatic N) is 1. The summed E-state index contributed by atoms with van der Waals surface area (Å²) in [5.41, 5.74) is 1.34. The molecule has 1 amide bonds. The highest BCUT2D eigenvalue weighted by Gasteiger charge is 2.24. The van der Waals surface area contributed by atoms with Gasteiger partial charge in [-0.15, -0.1) is 12.4 Å². The summed E-state index contributed by atoms with van der Waals surface area (Å²) in [6.07, 6.45) is 3.65. The zero-order chi connectivity index (χ0) is 18.0. The van der Waals surface area contributed by atoms with E-state index < -0.39 is 10.0 Å². The van der Waals surface area contributed by atoms with Gasteiger partial charge < -0.3 is 10.6 Å².